The fourth-order valence-electron chi connectivity index (χ4n) is 2.63. The summed E-state index contributed by atoms with van der Waals surface area (Å²) in [4.78, 5) is 11.9. The molecule has 0 unspecified atom stereocenters. The molecule has 1 saturated heterocycles. The van der Waals surface area contributed by atoms with E-state index in [0.29, 0.717) is 25.2 Å². The molecular weight excluding hydrogens is 386 g/mol. The molecule has 0 aromatic heterocycles. The Labute approximate surface area is 159 Å². The molecule has 9 heteroatoms. The standard InChI is InChI=1S/C18H17F4N3O.ClH/c19-17(10-23-11-17)9-12-1-5-14(6-2-12)24-16(26)25-15-7-3-13(4-8-15)18(20,21)22;/h1-8,23H,9-11H2,(H2,24,25,26);1H. The van der Waals surface area contributed by atoms with Gasteiger partial charge >= 0.3 is 12.2 Å². The van der Waals surface area contributed by atoms with Crippen LogP contribution in [0.2, 0.25) is 0 Å². The summed E-state index contributed by atoms with van der Waals surface area (Å²) >= 11 is 0. The number of amides is 2. The fraction of sp³-hybridized carbons (Fsp3) is 0.278. The molecule has 3 N–H and O–H groups in total. The zero-order valence-corrected chi connectivity index (χ0v) is 14.9. The number of hydrogen-bond acceptors (Lipinski definition) is 2. The molecule has 1 heterocycles. The number of carbonyl (C=O) groups is 1. The predicted molar refractivity (Wildman–Crippen MR) is 98.2 cm³/mol. The third-order valence-electron chi connectivity index (χ3n) is 4.09. The van der Waals surface area contributed by atoms with Crippen LogP contribution in [0.25, 0.3) is 0 Å². The molecule has 1 aliphatic rings. The van der Waals surface area contributed by atoms with Gasteiger partial charge in [-0.1, -0.05) is 12.1 Å². The van der Waals surface area contributed by atoms with Gasteiger partial charge in [-0.05, 0) is 42.0 Å². The minimum Gasteiger partial charge on any atom is -0.310 e. The lowest BCUT2D eigenvalue weighted by atomic mass is 9.91. The molecule has 4 nitrogen and oxygen atoms in total. The second-order valence-electron chi connectivity index (χ2n) is 6.28. The van der Waals surface area contributed by atoms with Gasteiger partial charge in [0.15, 0.2) is 0 Å². The second kappa shape index (κ2) is 8.14. The SMILES string of the molecule is Cl.O=C(Nc1ccc(CC2(F)CNC2)cc1)Nc1ccc(C(F)(F)F)cc1. The summed E-state index contributed by atoms with van der Waals surface area (Å²) < 4.78 is 51.5. The topological polar surface area (TPSA) is 53.2 Å². The van der Waals surface area contributed by atoms with E-state index in [1.807, 2.05) is 0 Å². The Morgan fingerprint density at radius 1 is 0.963 bits per heavy atom. The van der Waals surface area contributed by atoms with Gasteiger partial charge in [-0.15, -0.1) is 12.4 Å². The van der Waals surface area contributed by atoms with Crippen LogP contribution < -0.4 is 16.0 Å². The van der Waals surface area contributed by atoms with Gasteiger partial charge in [-0.2, -0.15) is 13.2 Å². The van der Waals surface area contributed by atoms with Gasteiger partial charge in [0.2, 0.25) is 0 Å². The molecular formula is C18H18ClF4N3O. The summed E-state index contributed by atoms with van der Waals surface area (Å²) in [6.45, 7) is 0.672. The van der Waals surface area contributed by atoms with Crippen molar-refractivity contribution in [3.05, 3.63) is 59.7 Å². The molecule has 2 aromatic carbocycles. The summed E-state index contributed by atoms with van der Waals surface area (Å²) in [5.41, 5.74) is -0.439. The van der Waals surface area contributed by atoms with Crippen LogP contribution in [-0.4, -0.2) is 24.8 Å². The lowest BCUT2D eigenvalue weighted by Crippen LogP contribution is -2.57. The van der Waals surface area contributed by atoms with E-state index in [2.05, 4.69) is 16.0 Å². The van der Waals surface area contributed by atoms with E-state index >= 15 is 0 Å². The zero-order chi connectivity index (χ0) is 18.8. The van der Waals surface area contributed by atoms with Crippen molar-refractivity contribution in [1.82, 2.24) is 5.32 Å². The van der Waals surface area contributed by atoms with Crippen molar-refractivity contribution in [2.45, 2.75) is 18.3 Å². The largest absolute Gasteiger partial charge is 0.416 e. The van der Waals surface area contributed by atoms with E-state index in [9.17, 15) is 22.4 Å². The molecule has 1 aliphatic heterocycles. The number of nitrogens with one attached hydrogen (secondary N) is 3. The third kappa shape index (κ3) is 5.58. The number of halogens is 5. The van der Waals surface area contributed by atoms with E-state index in [-0.39, 0.29) is 18.1 Å². The Balaban J connectivity index is 0.00000261. The van der Waals surface area contributed by atoms with E-state index in [0.717, 1.165) is 17.7 Å². The first-order valence-corrected chi connectivity index (χ1v) is 7.97. The molecule has 0 saturated carbocycles. The van der Waals surface area contributed by atoms with E-state index in [4.69, 9.17) is 0 Å². The van der Waals surface area contributed by atoms with Crippen LogP contribution in [0.3, 0.4) is 0 Å². The lowest BCUT2D eigenvalue weighted by molar-refractivity contribution is -0.137. The fourth-order valence-corrected chi connectivity index (χ4v) is 2.63. The van der Waals surface area contributed by atoms with Crippen molar-refractivity contribution in [2.75, 3.05) is 23.7 Å². The summed E-state index contributed by atoms with van der Waals surface area (Å²) in [6, 6.07) is 10.3. The number of urea groups is 1. The van der Waals surface area contributed by atoms with Gasteiger partial charge < -0.3 is 16.0 Å². The van der Waals surface area contributed by atoms with Crippen molar-refractivity contribution in [3.8, 4) is 0 Å². The van der Waals surface area contributed by atoms with Crippen molar-refractivity contribution in [2.24, 2.45) is 0 Å². The van der Waals surface area contributed by atoms with Crippen LogP contribution >= 0.6 is 12.4 Å². The van der Waals surface area contributed by atoms with Crippen molar-refractivity contribution < 1.29 is 22.4 Å². The highest BCUT2D eigenvalue weighted by atomic mass is 35.5. The van der Waals surface area contributed by atoms with E-state index in [1.165, 1.54) is 12.1 Å². The maximum Gasteiger partial charge on any atom is 0.416 e. The molecule has 2 aromatic rings. The number of anilines is 2. The van der Waals surface area contributed by atoms with Crippen LogP contribution in [0.4, 0.5) is 33.7 Å². The summed E-state index contributed by atoms with van der Waals surface area (Å²) in [5, 5.41) is 7.92. The maximum absolute atomic E-state index is 14.0. The molecule has 146 valence electrons. The summed E-state index contributed by atoms with van der Waals surface area (Å²) in [7, 11) is 0. The van der Waals surface area contributed by atoms with Gasteiger partial charge in [0.1, 0.15) is 5.67 Å². The second-order valence-corrected chi connectivity index (χ2v) is 6.28. The lowest BCUT2D eigenvalue weighted by Gasteiger charge is -2.35. The van der Waals surface area contributed by atoms with Crippen LogP contribution in [0, 0.1) is 0 Å². The molecule has 0 atom stereocenters. The Hall–Kier alpha value is -2.32. The molecule has 0 radical (unpaired) electrons. The minimum absolute atomic E-state index is 0. The van der Waals surface area contributed by atoms with Crippen molar-refractivity contribution in [3.63, 3.8) is 0 Å². The highest BCUT2D eigenvalue weighted by Crippen LogP contribution is 2.30. The van der Waals surface area contributed by atoms with Gasteiger partial charge in [-0.3, -0.25) is 0 Å². The van der Waals surface area contributed by atoms with E-state index < -0.39 is 23.4 Å². The predicted octanol–water partition coefficient (Wildman–Crippen LogP) is 4.63. The van der Waals surface area contributed by atoms with Gasteiger partial charge in [-0.25, -0.2) is 9.18 Å². The molecule has 2 amide bonds. The summed E-state index contributed by atoms with van der Waals surface area (Å²) in [5.74, 6) is 0. The van der Waals surface area contributed by atoms with Gasteiger partial charge in [0, 0.05) is 30.9 Å². The van der Waals surface area contributed by atoms with Crippen LogP contribution in [0.15, 0.2) is 48.5 Å². The summed E-state index contributed by atoms with van der Waals surface area (Å²) in [6.07, 6.45) is -4.12. The van der Waals surface area contributed by atoms with Crippen molar-refractivity contribution in [1.29, 1.82) is 0 Å². The Morgan fingerprint density at radius 2 is 1.44 bits per heavy atom. The van der Waals surface area contributed by atoms with Crippen LogP contribution in [-0.2, 0) is 12.6 Å². The first kappa shape index (κ1) is 21.0. The highest BCUT2D eigenvalue weighted by molar-refractivity contribution is 5.99. The van der Waals surface area contributed by atoms with E-state index in [1.54, 1.807) is 24.3 Å². The first-order valence-electron chi connectivity index (χ1n) is 7.97. The normalized spacial score (nSPS) is 15.3. The Morgan fingerprint density at radius 3 is 1.85 bits per heavy atom. The number of hydrogen-bond donors (Lipinski definition) is 3. The molecule has 3 rings (SSSR count). The molecule has 0 aliphatic carbocycles. The first-order chi connectivity index (χ1) is 12.2. The Kier molecular flexibility index (Phi) is 6.33. The molecule has 1 fully saturated rings. The number of carbonyl (C=O) groups excluding carboxylic acids is 1. The minimum atomic E-state index is -4.42. The average Bonchev–Trinajstić information content (AvgIpc) is 2.55. The Bertz CT molecular complexity index is 775. The average molecular weight is 404 g/mol. The van der Waals surface area contributed by atoms with Crippen molar-refractivity contribution >= 4 is 29.8 Å². The highest BCUT2D eigenvalue weighted by Gasteiger charge is 2.36. The molecule has 0 bridgehead atoms. The molecule has 27 heavy (non-hydrogen) atoms. The monoisotopic (exact) mass is 403 g/mol. The quantitative estimate of drug-likeness (QED) is 0.652. The number of alkyl halides is 4. The van der Waals surface area contributed by atoms with Crippen LogP contribution in [0.5, 0.6) is 0 Å². The zero-order valence-electron chi connectivity index (χ0n) is 14.1. The third-order valence-corrected chi connectivity index (χ3v) is 4.09. The van der Waals surface area contributed by atoms with Gasteiger partial charge in [0.25, 0.3) is 0 Å². The smallest absolute Gasteiger partial charge is 0.310 e. The maximum atomic E-state index is 14.0. The number of rotatable bonds is 4. The molecule has 0 spiro atoms. The van der Waals surface area contributed by atoms with Gasteiger partial charge in [0.05, 0.1) is 5.56 Å². The van der Waals surface area contributed by atoms with Crippen LogP contribution in [0.1, 0.15) is 11.1 Å². The number of benzene rings is 2.